The minimum absolute atomic E-state index is 0.166. The summed E-state index contributed by atoms with van der Waals surface area (Å²) in [5, 5.41) is 6.93. The molecule has 1 amide bonds. The highest BCUT2D eigenvalue weighted by Gasteiger charge is 2.10. The number of pyridine rings is 1. The lowest BCUT2D eigenvalue weighted by Crippen LogP contribution is -2.20. The molecule has 2 rings (SSSR count). The smallest absolute Gasteiger partial charge is 0.331 e. The average Bonchev–Trinajstić information content (AvgIpc) is 2.78. The summed E-state index contributed by atoms with van der Waals surface area (Å²) in [5.74, 6) is -1.12. The monoisotopic (exact) mass is 348 g/mol. The van der Waals surface area contributed by atoms with E-state index in [9.17, 15) is 9.59 Å². The van der Waals surface area contributed by atoms with Gasteiger partial charge in [0, 0.05) is 30.6 Å². The molecule has 24 heavy (non-hydrogen) atoms. The Morgan fingerprint density at radius 3 is 2.79 bits per heavy atom. The molecule has 0 aliphatic carbocycles. The second kappa shape index (κ2) is 7.74. The number of anilines is 1. The molecule has 126 valence electrons. The fraction of sp³-hybridized carbons (Fsp3) is 0.250. The molecule has 0 aromatic carbocycles. The standard InChI is InChI=1S/C16H17ClN4O3/c1-10-12(11(2)21(3)20-10)6-7-15(23)24-9-14(22)19-13-5-4-8-18-16(13)17/h4-8H,9H2,1-3H3,(H,19,22)/b7-6+. The van der Waals surface area contributed by atoms with Crippen LogP contribution in [0.4, 0.5) is 5.69 Å². The first-order chi connectivity index (χ1) is 11.4. The van der Waals surface area contributed by atoms with Gasteiger partial charge in [-0.1, -0.05) is 11.6 Å². The molecule has 0 spiro atoms. The van der Waals surface area contributed by atoms with Gasteiger partial charge in [0.15, 0.2) is 11.8 Å². The second-order valence-electron chi connectivity index (χ2n) is 5.04. The second-order valence-corrected chi connectivity index (χ2v) is 5.40. The number of carbonyl (C=O) groups excluding carboxylic acids is 2. The van der Waals surface area contributed by atoms with E-state index in [0.29, 0.717) is 5.69 Å². The van der Waals surface area contributed by atoms with E-state index in [4.69, 9.17) is 16.3 Å². The molecule has 0 radical (unpaired) electrons. The number of nitrogens with one attached hydrogen (secondary N) is 1. The van der Waals surface area contributed by atoms with Gasteiger partial charge in [-0.15, -0.1) is 0 Å². The van der Waals surface area contributed by atoms with Gasteiger partial charge >= 0.3 is 5.97 Å². The molecule has 0 aliphatic heterocycles. The number of nitrogens with zero attached hydrogens (tertiary/aromatic N) is 3. The molecule has 0 saturated heterocycles. The van der Waals surface area contributed by atoms with Crippen LogP contribution in [0.25, 0.3) is 6.08 Å². The number of aryl methyl sites for hydroxylation is 2. The van der Waals surface area contributed by atoms with Gasteiger partial charge in [0.1, 0.15) is 0 Å². The summed E-state index contributed by atoms with van der Waals surface area (Å²) in [7, 11) is 1.83. The van der Waals surface area contributed by atoms with Crippen LogP contribution in [0.5, 0.6) is 0 Å². The van der Waals surface area contributed by atoms with Crippen LogP contribution in [0.2, 0.25) is 5.15 Å². The van der Waals surface area contributed by atoms with E-state index in [1.807, 2.05) is 20.9 Å². The van der Waals surface area contributed by atoms with E-state index in [0.717, 1.165) is 17.0 Å². The summed E-state index contributed by atoms with van der Waals surface area (Å²) in [4.78, 5) is 27.3. The van der Waals surface area contributed by atoms with Crippen molar-refractivity contribution in [1.82, 2.24) is 14.8 Å². The third-order valence-electron chi connectivity index (χ3n) is 3.33. The van der Waals surface area contributed by atoms with Crippen molar-refractivity contribution in [2.75, 3.05) is 11.9 Å². The number of hydrogen-bond acceptors (Lipinski definition) is 5. The van der Waals surface area contributed by atoms with Crippen molar-refractivity contribution < 1.29 is 14.3 Å². The first kappa shape index (κ1) is 17.7. The highest BCUT2D eigenvalue weighted by atomic mass is 35.5. The summed E-state index contributed by atoms with van der Waals surface area (Å²) >= 11 is 5.83. The minimum Gasteiger partial charge on any atom is -0.452 e. The maximum Gasteiger partial charge on any atom is 0.331 e. The first-order valence-corrected chi connectivity index (χ1v) is 7.51. The van der Waals surface area contributed by atoms with Crippen molar-refractivity contribution in [2.24, 2.45) is 7.05 Å². The van der Waals surface area contributed by atoms with Crippen molar-refractivity contribution in [2.45, 2.75) is 13.8 Å². The Kier molecular flexibility index (Phi) is 5.70. The average molecular weight is 349 g/mol. The Bertz CT molecular complexity index is 799. The van der Waals surface area contributed by atoms with Gasteiger partial charge in [0.05, 0.1) is 11.4 Å². The number of hydrogen-bond donors (Lipinski definition) is 1. The zero-order valence-electron chi connectivity index (χ0n) is 13.5. The van der Waals surface area contributed by atoms with Crippen LogP contribution in [0.1, 0.15) is 17.0 Å². The zero-order chi connectivity index (χ0) is 17.7. The molecule has 8 heteroatoms. The van der Waals surface area contributed by atoms with Crippen LogP contribution >= 0.6 is 11.6 Å². The van der Waals surface area contributed by atoms with Crippen LogP contribution in [0.3, 0.4) is 0 Å². The van der Waals surface area contributed by atoms with Crippen LogP contribution in [-0.4, -0.2) is 33.2 Å². The number of amides is 1. The summed E-state index contributed by atoms with van der Waals surface area (Å²) in [6.45, 7) is 3.33. The number of halogens is 1. The third-order valence-corrected chi connectivity index (χ3v) is 3.63. The van der Waals surface area contributed by atoms with E-state index in [1.165, 1.54) is 12.3 Å². The van der Waals surface area contributed by atoms with Crippen LogP contribution in [-0.2, 0) is 21.4 Å². The van der Waals surface area contributed by atoms with Gasteiger partial charge in [-0.2, -0.15) is 5.10 Å². The summed E-state index contributed by atoms with van der Waals surface area (Å²) in [6, 6.07) is 3.23. The molecule has 7 nitrogen and oxygen atoms in total. The molecular formula is C16H17ClN4O3. The van der Waals surface area contributed by atoms with Crippen LogP contribution < -0.4 is 5.32 Å². The SMILES string of the molecule is Cc1nn(C)c(C)c1/C=C/C(=O)OCC(=O)Nc1cccnc1Cl. The number of ether oxygens (including phenoxy) is 1. The fourth-order valence-corrected chi connectivity index (χ4v) is 2.20. The van der Waals surface area contributed by atoms with Crippen molar-refractivity contribution in [3.05, 3.63) is 46.5 Å². The van der Waals surface area contributed by atoms with Crippen molar-refractivity contribution in [1.29, 1.82) is 0 Å². The lowest BCUT2D eigenvalue weighted by Gasteiger charge is -2.06. The van der Waals surface area contributed by atoms with Gasteiger partial charge in [-0.3, -0.25) is 9.48 Å². The quantitative estimate of drug-likeness (QED) is 0.509. The zero-order valence-corrected chi connectivity index (χ0v) is 14.3. The third kappa shape index (κ3) is 4.42. The van der Waals surface area contributed by atoms with E-state index < -0.39 is 18.5 Å². The van der Waals surface area contributed by atoms with Crippen LogP contribution in [0, 0.1) is 13.8 Å². The highest BCUT2D eigenvalue weighted by Crippen LogP contribution is 2.17. The maximum absolute atomic E-state index is 11.7. The maximum atomic E-state index is 11.7. The van der Waals surface area contributed by atoms with Crippen molar-refractivity contribution in [3.63, 3.8) is 0 Å². The fourth-order valence-electron chi connectivity index (χ4n) is 2.03. The van der Waals surface area contributed by atoms with Gasteiger partial charge < -0.3 is 10.1 Å². The normalized spacial score (nSPS) is 10.8. The van der Waals surface area contributed by atoms with E-state index in [-0.39, 0.29) is 5.15 Å². The Balaban J connectivity index is 1.88. The molecule has 2 heterocycles. The summed E-state index contributed by atoms with van der Waals surface area (Å²) < 4.78 is 6.62. The van der Waals surface area contributed by atoms with E-state index in [1.54, 1.807) is 22.9 Å². The molecule has 0 aliphatic rings. The molecule has 2 aromatic rings. The minimum atomic E-state index is -0.620. The molecule has 0 bridgehead atoms. The summed E-state index contributed by atoms with van der Waals surface area (Å²) in [5.41, 5.74) is 2.95. The largest absolute Gasteiger partial charge is 0.452 e. The molecule has 0 unspecified atom stereocenters. The molecular weight excluding hydrogens is 332 g/mol. The van der Waals surface area contributed by atoms with Gasteiger partial charge in [0.25, 0.3) is 5.91 Å². The van der Waals surface area contributed by atoms with Gasteiger partial charge in [0.2, 0.25) is 0 Å². The lowest BCUT2D eigenvalue weighted by atomic mass is 10.2. The van der Waals surface area contributed by atoms with Crippen LogP contribution in [0.15, 0.2) is 24.4 Å². The molecule has 2 aromatic heterocycles. The Hall–Kier alpha value is -2.67. The molecule has 0 saturated carbocycles. The van der Waals surface area contributed by atoms with Gasteiger partial charge in [-0.05, 0) is 32.1 Å². The number of esters is 1. The van der Waals surface area contributed by atoms with Crippen molar-refractivity contribution in [3.8, 4) is 0 Å². The Morgan fingerprint density at radius 2 is 2.17 bits per heavy atom. The first-order valence-electron chi connectivity index (χ1n) is 7.14. The molecule has 1 N–H and O–H groups in total. The van der Waals surface area contributed by atoms with E-state index in [2.05, 4.69) is 15.4 Å². The number of carbonyl (C=O) groups is 2. The summed E-state index contributed by atoms with van der Waals surface area (Å²) in [6.07, 6.45) is 4.39. The van der Waals surface area contributed by atoms with E-state index >= 15 is 0 Å². The van der Waals surface area contributed by atoms with Crippen molar-refractivity contribution >= 4 is 35.2 Å². The van der Waals surface area contributed by atoms with Gasteiger partial charge in [-0.25, -0.2) is 9.78 Å². The number of rotatable bonds is 5. The lowest BCUT2D eigenvalue weighted by molar-refractivity contribution is -0.142. The predicted octanol–water partition coefficient (Wildman–Crippen LogP) is 2.28. The topological polar surface area (TPSA) is 86.1 Å². The molecule has 0 fully saturated rings. The predicted molar refractivity (Wildman–Crippen MR) is 90.6 cm³/mol. The highest BCUT2D eigenvalue weighted by molar-refractivity contribution is 6.32. The Labute approximate surface area is 144 Å². The number of aromatic nitrogens is 3. The Morgan fingerprint density at radius 1 is 1.42 bits per heavy atom. The molecule has 0 atom stereocenters.